The van der Waals surface area contributed by atoms with Crippen molar-refractivity contribution in [3.8, 4) is 0 Å². The Morgan fingerprint density at radius 2 is 2.00 bits per heavy atom. The minimum atomic E-state index is -0.0807. The number of carbonyl (C=O) groups excluding carboxylic acids is 1. The molecule has 20 heavy (non-hydrogen) atoms. The fourth-order valence-corrected chi connectivity index (χ4v) is 2.46. The van der Waals surface area contributed by atoms with Crippen LogP contribution in [-0.4, -0.2) is 34.1 Å². The fourth-order valence-electron chi connectivity index (χ4n) is 1.80. The van der Waals surface area contributed by atoms with Crippen LogP contribution in [0.1, 0.15) is 29.2 Å². The van der Waals surface area contributed by atoms with Gasteiger partial charge >= 0.3 is 0 Å². The molecule has 0 aliphatic rings. The van der Waals surface area contributed by atoms with Gasteiger partial charge in [0.15, 0.2) is 0 Å². The van der Waals surface area contributed by atoms with E-state index < -0.39 is 0 Å². The van der Waals surface area contributed by atoms with Gasteiger partial charge in [-0.3, -0.25) is 4.79 Å². The molecule has 1 amide bonds. The first-order valence-electron chi connectivity index (χ1n) is 6.48. The molecule has 0 spiro atoms. The van der Waals surface area contributed by atoms with Gasteiger partial charge in [0.1, 0.15) is 0 Å². The van der Waals surface area contributed by atoms with E-state index in [2.05, 4.69) is 15.5 Å². The summed E-state index contributed by atoms with van der Waals surface area (Å²) in [7, 11) is 1.76. The van der Waals surface area contributed by atoms with Gasteiger partial charge in [-0.25, -0.2) is 0 Å². The topological polar surface area (TPSA) is 58.1 Å². The lowest BCUT2D eigenvalue weighted by Crippen LogP contribution is -2.36. The highest BCUT2D eigenvalue weighted by Crippen LogP contribution is 2.19. The molecule has 1 aromatic carbocycles. The van der Waals surface area contributed by atoms with Crippen LogP contribution in [0.2, 0.25) is 0 Å². The van der Waals surface area contributed by atoms with E-state index in [4.69, 9.17) is 0 Å². The Kier molecular flexibility index (Phi) is 4.68. The predicted molar refractivity (Wildman–Crippen MR) is 80.9 cm³/mol. The summed E-state index contributed by atoms with van der Waals surface area (Å²) >= 11 is 1.27. The van der Waals surface area contributed by atoms with Crippen molar-refractivity contribution >= 4 is 22.4 Å². The quantitative estimate of drug-likeness (QED) is 0.919. The molecule has 0 aliphatic carbocycles. The summed E-state index contributed by atoms with van der Waals surface area (Å²) in [5.41, 5.74) is 1.10. The molecule has 2 aromatic rings. The van der Waals surface area contributed by atoms with Crippen molar-refractivity contribution in [2.24, 2.45) is 0 Å². The zero-order valence-corrected chi connectivity index (χ0v) is 12.6. The Morgan fingerprint density at radius 1 is 1.30 bits per heavy atom. The van der Waals surface area contributed by atoms with Gasteiger partial charge in [-0.1, -0.05) is 41.7 Å². The second kappa shape index (κ2) is 6.47. The standard InChI is InChI=1S/C14H18N4OS/c1-10(2)18(9-11-7-5-4-6-8-11)13(19)12-16-17-14(15-3)20-12/h4-8,10H,9H2,1-3H3,(H,15,17). The van der Waals surface area contributed by atoms with E-state index in [-0.39, 0.29) is 11.9 Å². The van der Waals surface area contributed by atoms with Crippen molar-refractivity contribution in [1.29, 1.82) is 0 Å². The van der Waals surface area contributed by atoms with E-state index in [0.717, 1.165) is 5.56 Å². The average molecular weight is 290 g/mol. The maximum Gasteiger partial charge on any atom is 0.285 e. The van der Waals surface area contributed by atoms with Gasteiger partial charge in [-0.2, -0.15) is 0 Å². The Labute approximate surface area is 122 Å². The molecule has 0 radical (unpaired) electrons. The number of aromatic nitrogens is 2. The lowest BCUT2D eigenvalue weighted by Gasteiger charge is -2.25. The third kappa shape index (κ3) is 3.33. The van der Waals surface area contributed by atoms with E-state index in [9.17, 15) is 4.79 Å². The number of nitrogens with one attached hydrogen (secondary N) is 1. The van der Waals surface area contributed by atoms with E-state index in [1.807, 2.05) is 44.2 Å². The first kappa shape index (κ1) is 14.5. The molecule has 106 valence electrons. The smallest absolute Gasteiger partial charge is 0.285 e. The predicted octanol–water partition coefficient (Wildman–Crippen LogP) is 2.63. The molecule has 0 bridgehead atoms. The van der Waals surface area contributed by atoms with Crippen molar-refractivity contribution in [3.05, 3.63) is 40.9 Å². The van der Waals surface area contributed by atoms with Gasteiger partial charge in [-0.05, 0) is 19.4 Å². The summed E-state index contributed by atoms with van der Waals surface area (Å²) in [6.45, 7) is 4.58. The lowest BCUT2D eigenvalue weighted by atomic mass is 10.2. The largest absolute Gasteiger partial charge is 0.363 e. The molecule has 6 heteroatoms. The second-order valence-corrected chi connectivity index (χ2v) is 5.65. The van der Waals surface area contributed by atoms with Crippen molar-refractivity contribution in [1.82, 2.24) is 15.1 Å². The molecule has 5 nitrogen and oxygen atoms in total. The van der Waals surface area contributed by atoms with Gasteiger partial charge in [0.2, 0.25) is 10.1 Å². The molecule has 1 N–H and O–H groups in total. The van der Waals surface area contributed by atoms with Crippen LogP contribution in [-0.2, 0) is 6.54 Å². The monoisotopic (exact) mass is 290 g/mol. The highest BCUT2D eigenvalue weighted by atomic mass is 32.1. The zero-order valence-electron chi connectivity index (χ0n) is 11.8. The summed E-state index contributed by atoms with van der Waals surface area (Å²) < 4.78 is 0. The van der Waals surface area contributed by atoms with E-state index in [0.29, 0.717) is 16.7 Å². The van der Waals surface area contributed by atoms with Crippen molar-refractivity contribution < 1.29 is 4.79 Å². The number of carbonyl (C=O) groups is 1. The van der Waals surface area contributed by atoms with Gasteiger partial charge < -0.3 is 10.2 Å². The highest BCUT2D eigenvalue weighted by molar-refractivity contribution is 7.17. The molecular weight excluding hydrogens is 272 g/mol. The summed E-state index contributed by atoms with van der Waals surface area (Å²) in [4.78, 5) is 14.3. The Balaban J connectivity index is 2.18. The van der Waals surface area contributed by atoms with E-state index in [1.165, 1.54) is 11.3 Å². The van der Waals surface area contributed by atoms with Crippen molar-refractivity contribution in [2.45, 2.75) is 26.4 Å². The number of anilines is 1. The molecule has 0 saturated carbocycles. The third-order valence-electron chi connectivity index (χ3n) is 2.90. The molecule has 0 atom stereocenters. The fraction of sp³-hybridized carbons (Fsp3) is 0.357. The van der Waals surface area contributed by atoms with Crippen LogP contribution in [0.3, 0.4) is 0 Å². The third-order valence-corrected chi connectivity index (χ3v) is 3.83. The number of rotatable bonds is 5. The van der Waals surface area contributed by atoms with Gasteiger partial charge in [0.05, 0.1) is 0 Å². The van der Waals surface area contributed by atoms with Crippen LogP contribution in [0.15, 0.2) is 30.3 Å². The molecule has 0 unspecified atom stereocenters. The number of hydrogen-bond acceptors (Lipinski definition) is 5. The molecule has 0 aliphatic heterocycles. The van der Waals surface area contributed by atoms with Crippen LogP contribution in [0.4, 0.5) is 5.13 Å². The first-order chi connectivity index (χ1) is 9.61. The summed E-state index contributed by atoms with van der Waals surface area (Å²) in [5.74, 6) is -0.0807. The highest BCUT2D eigenvalue weighted by Gasteiger charge is 2.22. The summed E-state index contributed by atoms with van der Waals surface area (Å²) in [6.07, 6.45) is 0. The van der Waals surface area contributed by atoms with Crippen LogP contribution in [0.5, 0.6) is 0 Å². The number of hydrogen-bond donors (Lipinski definition) is 1. The maximum atomic E-state index is 12.5. The van der Waals surface area contributed by atoms with E-state index >= 15 is 0 Å². The second-order valence-electron chi connectivity index (χ2n) is 4.67. The summed E-state index contributed by atoms with van der Waals surface area (Å²) in [5, 5.41) is 11.8. The van der Waals surface area contributed by atoms with Gasteiger partial charge in [-0.15, -0.1) is 10.2 Å². The molecule has 1 heterocycles. The minimum Gasteiger partial charge on any atom is -0.363 e. The Bertz CT molecular complexity index is 568. The molecule has 0 saturated heterocycles. The lowest BCUT2D eigenvalue weighted by molar-refractivity contribution is 0.0689. The summed E-state index contributed by atoms with van der Waals surface area (Å²) in [6, 6.07) is 10.0. The number of amides is 1. The minimum absolute atomic E-state index is 0.0807. The van der Waals surface area contributed by atoms with Crippen LogP contribution in [0, 0.1) is 0 Å². The maximum absolute atomic E-state index is 12.5. The number of nitrogens with zero attached hydrogens (tertiary/aromatic N) is 3. The van der Waals surface area contributed by atoms with Gasteiger partial charge in [0, 0.05) is 19.6 Å². The Hall–Kier alpha value is -1.95. The number of benzene rings is 1. The van der Waals surface area contributed by atoms with Crippen LogP contribution in [0.25, 0.3) is 0 Å². The van der Waals surface area contributed by atoms with Crippen LogP contribution >= 0.6 is 11.3 Å². The molecule has 0 fully saturated rings. The van der Waals surface area contributed by atoms with Gasteiger partial charge in [0.25, 0.3) is 5.91 Å². The Morgan fingerprint density at radius 3 is 2.55 bits per heavy atom. The first-order valence-corrected chi connectivity index (χ1v) is 7.29. The van der Waals surface area contributed by atoms with E-state index in [1.54, 1.807) is 11.9 Å². The average Bonchev–Trinajstić information content (AvgIpc) is 2.94. The SMILES string of the molecule is CNc1nnc(C(=O)N(Cc2ccccc2)C(C)C)s1. The molecule has 2 rings (SSSR count). The molecule has 1 aromatic heterocycles. The normalized spacial score (nSPS) is 10.6. The zero-order chi connectivity index (χ0) is 14.5. The molecular formula is C14H18N4OS. The van der Waals surface area contributed by atoms with Crippen molar-refractivity contribution in [2.75, 3.05) is 12.4 Å². The van der Waals surface area contributed by atoms with Crippen molar-refractivity contribution in [3.63, 3.8) is 0 Å². The van der Waals surface area contributed by atoms with Crippen LogP contribution < -0.4 is 5.32 Å².